The smallest absolute Gasteiger partial charge is 0.126 e. The Labute approximate surface area is 114 Å². The second kappa shape index (κ2) is 5.54. The van der Waals surface area contributed by atoms with Crippen molar-refractivity contribution < 1.29 is 4.39 Å². The summed E-state index contributed by atoms with van der Waals surface area (Å²) in [5.41, 5.74) is 11.6. The van der Waals surface area contributed by atoms with E-state index >= 15 is 0 Å². The molecule has 2 heteroatoms. The summed E-state index contributed by atoms with van der Waals surface area (Å²) < 4.78 is 13.3. The monoisotopic (exact) mass is 257 g/mol. The van der Waals surface area contributed by atoms with Gasteiger partial charge in [-0.05, 0) is 55.5 Å². The van der Waals surface area contributed by atoms with E-state index in [0.29, 0.717) is 5.56 Å². The van der Waals surface area contributed by atoms with E-state index in [9.17, 15) is 4.39 Å². The number of hydrogen-bond donors (Lipinski definition) is 1. The number of benzene rings is 2. The highest BCUT2D eigenvalue weighted by Gasteiger charge is 2.10. The zero-order chi connectivity index (χ0) is 14.0. The van der Waals surface area contributed by atoms with E-state index in [1.807, 2.05) is 6.07 Å². The highest BCUT2D eigenvalue weighted by atomic mass is 19.1. The van der Waals surface area contributed by atoms with E-state index in [4.69, 9.17) is 5.73 Å². The number of aryl methyl sites for hydroxylation is 3. The lowest BCUT2D eigenvalue weighted by molar-refractivity contribution is 0.614. The molecule has 1 nitrogen and oxygen atoms in total. The molecular formula is C17H20FN. The summed E-state index contributed by atoms with van der Waals surface area (Å²) in [6, 6.07) is 11.4. The van der Waals surface area contributed by atoms with Gasteiger partial charge in [0.2, 0.25) is 0 Å². The lowest BCUT2D eigenvalue weighted by Gasteiger charge is -2.15. The maximum Gasteiger partial charge on any atom is 0.126 e. The Morgan fingerprint density at radius 2 is 1.74 bits per heavy atom. The Kier molecular flexibility index (Phi) is 4.01. The van der Waals surface area contributed by atoms with Gasteiger partial charge in [-0.2, -0.15) is 0 Å². The number of rotatable bonds is 3. The molecule has 0 radical (unpaired) electrons. The van der Waals surface area contributed by atoms with Crippen LogP contribution in [0.2, 0.25) is 0 Å². The van der Waals surface area contributed by atoms with Gasteiger partial charge in [0.05, 0.1) is 0 Å². The predicted molar refractivity (Wildman–Crippen MR) is 77.7 cm³/mol. The summed E-state index contributed by atoms with van der Waals surface area (Å²) in [6.07, 6.45) is 0.776. The molecule has 0 aliphatic heterocycles. The average Bonchev–Trinajstić information content (AvgIpc) is 2.37. The fourth-order valence-corrected chi connectivity index (χ4v) is 2.27. The molecule has 19 heavy (non-hydrogen) atoms. The van der Waals surface area contributed by atoms with Crippen LogP contribution in [0.15, 0.2) is 36.4 Å². The Bertz CT molecular complexity index is 590. The molecule has 0 saturated heterocycles. The minimum atomic E-state index is -0.178. The summed E-state index contributed by atoms with van der Waals surface area (Å²) >= 11 is 0. The lowest BCUT2D eigenvalue weighted by atomic mass is 9.95. The van der Waals surface area contributed by atoms with Crippen LogP contribution < -0.4 is 5.73 Å². The van der Waals surface area contributed by atoms with Gasteiger partial charge >= 0.3 is 0 Å². The van der Waals surface area contributed by atoms with Crippen molar-refractivity contribution in [1.82, 2.24) is 0 Å². The minimum Gasteiger partial charge on any atom is -0.324 e. The van der Waals surface area contributed by atoms with Crippen molar-refractivity contribution in [2.75, 3.05) is 0 Å². The zero-order valence-electron chi connectivity index (χ0n) is 11.7. The number of hydrogen-bond acceptors (Lipinski definition) is 1. The molecule has 0 bridgehead atoms. The van der Waals surface area contributed by atoms with Crippen LogP contribution in [-0.4, -0.2) is 0 Å². The van der Waals surface area contributed by atoms with E-state index < -0.39 is 0 Å². The van der Waals surface area contributed by atoms with Crippen molar-refractivity contribution in [2.24, 2.45) is 5.73 Å². The van der Waals surface area contributed by atoms with Gasteiger partial charge in [-0.15, -0.1) is 0 Å². The normalized spacial score (nSPS) is 12.5. The molecule has 0 aromatic heterocycles. The van der Waals surface area contributed by atoms with E-state index in [2.05, 4.69) is 32.0 Å². The number of nitrogens with two attached hydrogens (primary N) is 1. The largest absolute Gasteiger partial charge is 0.324 e. The first-order valence-corrected chi connectivity index (χ1v) is 6.55. The quantitative estimate of drug-likeness (QED) is 0.884. The van der Waals surface area contributed by atoms with Crippen molar-refractivity contribution in [3.63, 3.8) is 0 Å². The molecule has 0 amide bonds. The van der Waals surface area contributed by atoms with E-state index in [-0.39, 0.29) is 11.9 Å². The summed E-state index contributed by atoms with van der Waals surface area (Å²) in [5.74, 6) is -0.178. The van der Waals surface area contributed by atoms with Gasteiger partial charge in [0, 0.05) is 6.04 Å². The van der Waals surface area contributed by atoms with Crippen LogP contribution in [-0.2, 0) is 6.42 Å². The zero-order valence-corrected chi connectivity index (χ0v) is 11.7. The molecule has 1 atom stereocenters. The molecule has 1 unspecified atom stereocenters. The topological polar surface area (TPSA) is 26.0 Å². The van der Waals surface area contributed by atoms with E-state index in [1.165, 1.54) is 22.8 Å². The van der Waals surface area contributed by atoms with Crippen LogP contribution in [0.1, 0.15) is 33.9 Å². The van der Waals surface area contributed by atoms with Gasteiger partial charge < -0.3 is 5.73 Å². The van der Waals surface area contributed by atoms with E-state index in [1.54, 1.807) is 13.0 Å². The van der Waals surface area contributed by atoms with Crippen molar-refractivity contribution >= 4 is 0 Å². The third-order valence-electron chi connectivity index (χ3n) is 3.55. The van der Waals surface area contributed by atoms with Gasteiger partial charge in [0.15, 0.2) is 0 Å². The maximum absolute atomic E-state index is 13.3. The first-order valence-electron chi connectivity index (χ1n) is 6.55. The fraction of sp³-hybridized carbons (Fsp3) is 0.294. The summed E-state index contributed by atoms with van der Waals surface area (Å²) in [7, 11) is 0. The molecule has 0 aliphatic rings. The molecular weight excluding hydrogens is 237 g/mol. The Hall–Kier alpha value is -1.67. The molecule has 0 heterocycles. The highest BCUT2D eigenvalue weighted by Crippen LogP contribution is 2.21. The van der Waals surface area contributed by atoms with Gasteiger partial charge in [-0.3, -0.25) is 0 Å². The summed E-state index contributed by atoms with van der Waals surface area (Å²) in [6.45, 7) is 5.94. The van der Waals surface area contributed by atoms with Crippen molar-refractivity contribution in [3.8, 4) is 0 Å². The van der Waals surface area contributed by atoms with Crippen molar-refractivity contribution in [1.29, 1.82) is 0 Å². The van der Waals surface area contributed by atoms with Crippen molar-refractivity contribution in [3.05, 3.63) is 70.0 Å². The van der Waals surface area contributed by atoms with Gasteiger partial charge in [0.25, 0.3) is 0 Å². The fourth-order valence-electron chi connectivity index (χ4n) is 2.27. The highest BCUT2D eigenvalue weighted by molar-refractivity contribution is 5.33. The molecule has 2 N–H and O–H groups in total. The number of halogens is 1. The van der Waals surface area contributed by atoms with Crippen LogP contribution in [0, 0.1) is 26.6 Å². The summed E-state index contributed by atoms with van der Waals surface area (Å²) in [5, 5.41) is 0. The Balaban J connectivity index is 2.22. The second-order valence-electron chi connectivity index (χ2n) is 5.25. The van der Waals surface area contributed by atoms with Crippen LogP contribution >= 0.6 is 0 Å². The Morgan fingerprint density at radius 1 is 1.00 bits per heavy atom. The van der Waals surface area contributed by atoms with Gasteiger partial charge in [-0.25, -0.2) is 4.39 Å². The molecule has 100 valence electrons. The van der Waals surface area contributed by atoms with Gasteiger partial charge in [0.1, 0.15) is 5.82 Å². The van der Waals surface area contributed by atoms with Crippen LogP contribution in [0.3, 0.4) is 0 Å². The Morgan fingerprint density at radius 3 is 2.42 bits per heavy atom. The molecule has 0 fully saturated rings. The lowest BCUT2D eigenvalue weighted by Crippen LogP contribution is -2.14. The minimum absolute atomic E-state index is 0.0974. The van der Waals surface area contributed by atoms with Crippen molar-refractivity contribution in [2.45, 2.75) is 33.2 Å². The second-order valence-corrected chi connectivity index (χ2v) is 5.25. The first kappa shape index (κ1) is 13.8. The van der Waals surface area contributed by atoms with Crippen LogP contribution in [0.5, 0.6) is 0 Å². The standard InChI is InChI=1S/C17H20FN/c1-11-4-5-12(2)15(8-11)10-17(19)14-6-7-16(18)13(3)9-14/h4-9,17H,10,19H2,1-3H3. The summed E-state index contributed by atoms with van der Waals surface area (Å²) in [4.78, 5) is 0. The molecule has 0 spiro atoms. The predicted octanol–water partition coefficient (Wildman–Crippen LogP) is 3.99. The molecule has 2 rings (SSSR count). The third-order valence-corrected chi connectivity index (χ3v) is 3.55. The van der Waals surface area contributed by atoms with Crippen LogP contribution in [0.25, 0.3) is 0 Å². The SMILES string of the molecule is Cc1ccc(C)c(CC(N)c2ccc(F)c(C)c2)c1. The first-order chi connectivity index (χ1) is 8.97. The average molecular weight is 257 g/mol. The van der Waals surface area contributed by atoms with Crippen LogP contribution in [0.4, 0.5) is 4.39 Å². The molecule has 0 aliphatic carbocycles. The van der Waals surface area contributed by atoms with E-state index in [0.717, 1.165) is 12.0 Å². The maximum atomic E-state index is 13.3. The molecule has 2 aromatic carbocycles. The molecule has 2 aromatic rings. The third kappa shape index (κ3) is 3.21. The van der Waals surface area contributed by atoms with Gasteiger partial charge in [-0.1, -0.05) is 35.9 Å². The molecule has 0 saturated carbocycles.